The standard InChI is InChI=1S/C5H6NO2S/c7-4-2-1-3-5(8)6(4)9/h1-3H2. The Balaban J connectivity index is 2.62. The van der Waals surface area contributed by atoms with Gasteiger partial charge < -0.3 is 0 Å². The fourth-order valence-electron chi connectivity index (χ4n) is 0.733. The number of piperidine rings is 1. The minimum Gasteiger partial charge on any atom is -0.273 e. The molecule has 4 heteroatoms. The van der Waals surface area contributed by atoms with Crippen LogP contribution in [-0.4, -0.2) is 16.1 Å². The Bertz CT molecular complexity index is 141. The van der Waals surface area contributed by atoms with Crippen molar-refractivity contribution in [2.24, 2.45) is 0 Å². The Morgan fingerprint density at radius 3 is 2.00 bits per heavy atom. The van der Waals surface area contributed by atoms with Gasteiger partial charge in [-0.3, -0.25) is 9.59 Å². The van der Waals surface area contributed by atoms with Crippen molar-refractivity contribution < 1.29 is 9.59 Å². The molecule has 1 heterocycles. The average molecular weight is 144 g/mol. The van der Waals surface area contributed by atoms with Crippen molar-refractivity contribution in [2.45, 2.75) is 19.3 Å². The normalized spacial score (nSPS) is 20.8. The molecule has 0 atom stereocenters. The van der Waals surface area contributed by atoms with Crippen LogP contribution in [0.2, 0.25) is 0 Å². The van der Waals surface area contributed by atoms with Crippen LogP contribution in [0.4, 0.5) is 0 Å². The molecule has 0 aromatic carbocycles. The number of hydrogen-bond acceptors (Lipinski definition) is 2. The molecule has 1 aliphatic rings. The van der Waals surface area contributed by atoms with E-state index in [4.69, 9.17) is 0 Å². The van der Waals surface area contributed by atoms with Gasteiger partial charge in [-0.2, -0.15) is 0 Å². The molecule has 0 aromatic rings. The van der Waals surface area contributed by atoms with Gasteiger partial charge in [-0.05, 0) is 6.42 Å². The van der Waals surface area contributed by atoms with Crippen molar-refractivity contribution in [3.63, 3.8) is 0 Å². The highest BCUT2D eigenvalue weighted by molar-refractivity contribution is 7.79. The van der Waals surface area contributed by atoms with E-state index < -0.39 is 0 Å². The van der Waals surface area contributed by atoms with Crippen molar-refractivity contribution in [3.05, 3.63) is 0 Å². The largest absolute Gasteiger partial charge is 0.273 e. The monoisotopic (exact) mass is 144 g/mol. The van der Waals surface area contributed by atoms with E-state index in [0.29, 0.717) is 19.3 Å². The van der Waals surface area contributed by atoms with Crippen LogP contribution >= 0.6 is 12.8 Å². The Labute approximate surface area is 58.6 Å². The molecule has 49 valence electrons. The van der Waals surface area contributed by atoms with Gasteiger partial charge in [-0.1, -0.05) is 0 Å². The Hall–Kier alpha value is -0.510. The SMILES string of the molecule is O=C1CCCC(=O)N1[S]. The highest BCUT2D eigenvalue weighted by Gasteiger charge is 2.23. The molecule has 0 bridgehead atoms. The molecule has 2 amide bonds. The second-order valence-corrected chi connectivity index (χ2v) is 2.30. The molecule has 0 aliphatic carbocycles. The summed E-state index contributed by atoms with van der Waals surface area (Å²) in [6.45, 7) is 0. The summed E-state index contributed by atoms with van der Waals surface area (Å²) in [4.78, 5) is 21.2. The molecule has 0 aromatic heterocycles. The third kappa shape index (κ3) is 1.24. The number of carbonyl (C=O) groups excluding carboxylic acids is 2. The van der Waals surface area contributed by atoms with Crippen LogP contribution in [0, 0.1) is 0 Å². The zero-order valence-corrected chi connectivity index (χ0v) is 5.61. The first-order chi connectivity index (χ1) is 4.22. The minimum atomic E-state index is -0.235. The molecule has 1 aliphatic heterocycles. The third-order valence-corrected chi connectivity index (χ3v) is 1.64. The van der Waals surface area contributed by atoms with E-state index in [9.17, 15) is 9.59 Å². The maximum absolute atomic E-state index is 10.6. The summed E-state index contributed by atoms with van der Waals surface area (Å²) >= 11 is 4.47. The average Bonchev–Trinajstić information content (AvgIpc) is 1.83. The van der Waals surface area contributed by atoms with Gasteiger partial charge in [0.15, 0.2) is 0 Å². The molecule has 0 saturated carbocycles. The topological polar surface area (TPSA) is 37.4 Å². The smallest absolute Gasteiger partial charge is 0.240 e. The predicted octanol–water partition coefficient (Wildman–Crippen LogP) is 0.638. The van der Waals surface area contributed by atoms with Crippen LogP contribution < -0.4 is 0 Å². The van der Waals surface area contributed by atoms with Gasteiger partial charge in [0.25, 0.3) is 0 Å². The molecule has 0 unspecified atom stereocenters. The van der Waals surface area contributed by atoms with Crippen LogP contribution in [-0.2, 0) is 9.59 Å². The van der Waals surface area contributed by atoms with Gasteiger partial charge in [0.2, 0.25) is 11.8 Å². The quantitative estimate of drug-likeness (QED) is 0.468. The summed E-state index contributed by atoms with van der Waals surface area (Å²) in [5.41, 5.74) is 0. The number of rotatable bonds is 0. The lowest BCUT2D eigenvalue weighted by molar-refractivity contribution is -0.140. The van der Waals surface area contributed by atoms with E-state index >= 15 is 0 Å². The van der Waals surface area contributed by atoms with Gasteiger partial charge in [-0.15, -0.1) is 0 Å². The summed E-state index contributed by atoms with van der Waals surface area (Å²) in [7, 11) is 0. The van der Waals surface area contributed by atoms with Gasteiger partial charge in [-0.25, -0.2) is 4.31 Å². The van der Waals surface area contributed by atoms with Crippen LogP contribution in [0.15, 0.2) is 0 Å². The number of carbonyl (C=O) groups is 2. The van der Waals surface area contributed by atoms with E-state index in [2.05, 4.69) is 12.8 Å². The summed E-state index contributed by atoms with van der Waals surface area (Å²) in [6, 6.07) is 0. The summed E-state index contributed by atoms with van der Waals surface area (Å²) < 4.78 is 0.781. The molecule has 1 fully saturated rings. The fourth-order valence-corrected chi connectivity index (χ4v) is 0.916. The van der Waals surface area contributed by atoms with Crippen molar-refractivity contribution in [3.8, 4) is 0 Å². The summed E-state index contributed by atoms with van der Waals surface area (Å²) in [6.07, 6.45) is 1.51. The molecular weight excluding hydrogens is 138 g/mol. The lowest BCUT2D eigenvalue weighted by Gasteiger charge is -2.16. The van der Waals surface area contributed by atoms with E-state index in [1.165, 1.54) is 0 Å². The van der Waals surface area contributed by atoms with Gasteiger partial charge in [0, 0.05) is 12.8 Å². The van der Waals surface area contributed by atoms with Crippen molar-refractivity contribution >= 4 is 24.6 Å². The van der Waals surface area contributed by atoms with Gasteiger partial charge >= 0.3 is 0 Å². The summed E-state index contributed by atoms with van der Waals surface area (Å²) in [5, 5.41) is 0. The molecule has 1 radical (unpaired) electrons. The van der Waals surface area contributed by atoms with Crippen LogP contribution in [0.3, 0.4) is 0 Å². The van der Waals surface area contributed by atoms with Crippen molar-refractivity contribution in [2.75, 3.05) is 0 Å². The highest BCUT2D eigenvalue weighted by Crippen LogP contribution is 2.12. The molecule has 0 spiro atoms. The lowest BCUT2D eigenvalue weighted by Crippen LogP contribution is -2.32. The van der Waals surface area contributed by atoms with E-state index in [-0.39, 0.29) is 11.8 Å². The zero-order chi connectivity index (χ0) is 6.85. The lowest BCUT2D eigenvalue weighted by atomic mass is 10.1. The number of imide groups is 1. The molecule has 1 rings (SSSR count). The minimum absolute atomic E-state index is 0.235. The first kappa shape index (κ1) is 6.61. The molecule has 3 nitrogen and oxygen atoms in total. The predicted molar refractivity (Wildman–Crippen MR) is 33.3 cm³/mol. The number of amides is 2. The fraction of sp³-hybridized carbons (Fsp3) is 0.600. The first-order valence-electron chi connectivity index (χ1n) is 2.75. The second-order valence-electron chi connectivity index (χ2n) is 1.94. The summed E-state index contributed by atoms with van der Waals surface area (Å²) in [5.74, 6) is -0.470. The number of nitrogens with zero attached hydrogens (tertiary/aromatic N) is 1. The third-order valence-electron chi connectivity index (χ3n) is 1.23. The van der Waals surface area contributed by atoms with E-state index in [0.717, 1.165) is 4.31 Å². The maximum Gasteiger partial charge on any atom is 0.240 e. The van der Waals surface area contributed by atoms with Gasteiger partial charge in [0.1, 0.15) is 0 Å². The zero-order valence-electron chi connectivity index (χ0n) is 4.79. The Morgan fingerprint density at radius 2 is 1.67 bits per heavy atom. The van der Waals surface area contributed by atoms with Crippen molar-refractivity contribution in [1.29, 1.82) is 0 Å². The Morgan fingerprint density at radius 1 is 1.22 bits per heavy atom. The molecular formula is C5H6NO2S. The molecule has 1 saturated heterocycles. The van der Waals surface area contributed by atoms with E-state index in [1.54, 1.807) is 0 Å². The van der Waals surface area contributed by atoms with E-state index in [1.807, 2.05) is 0 Å². The first-order valence-corrected chi connectivity index (χ1v) is 3.11. The van der Waals surface area contributed by atoms with Gasteiger partial charge in [0.05, 0.1) is 12.8 Å². The highest BCUT2D eigenvalue weighted by atomic mass is 32.1. The van der Waals surface area contributed by atoms with Crippen LogP contribution in [0.1, 0.15) is 19.3 Å². The van der Waals surface area contributed by atoms with Crippen molar-refractivity contribution in [1.82, 2.24) is 4.31 Å². The number of hydrogen-bond donors (Lipinski definition) is 0. The molecule has 9 heavy (non-hydrogen) atoms. The second kappa shape index (κ2) is 2.39. The van der Waals surface area contributed by atoms with Crippen LogP contribution in [0.25, 0.3) is 0 Å². The Kier molecular flexibility index (Phi) is 1.75. The van der Waals surface area contributed by atoms with Crippen LogP contribution in [0.5, 0.6) is 0 Å². The molecule has 0 N–H and O–H groups in total. The maximum atomic E-state index is 10.6.